The van der Waals surface area contributed by atoms with Gasteiger partial charge in [0.25, 0.3) is 5.91 Å². The van der Waals surface area contributed by atoms with Crippen LogP contribution >= 0.6 is 0 Å². The first kappa shape index (κ1) is 21.9. The SMILES string of the molecule is COc1ccc(OC)c(NC(=O)COC(=O)CCc2ccc(OC)c(OC)c2)c1. The summed E-state index contributed by atoms with van der Waals surface area (Å²) in [5.74, 6) is 1.28. The van der Waals surface area contributed by atoms with Crippen LogP contribution in [0.5, 0.6) is 23.0 Å². The standard InChI is InChI=1S/C21H25NO7/c1-25-15-7-9-17(26-2)16(12-15)22-20(23)13-29-21(24)10-6-14-5-8-18(27-3)19(11-14)28-4/h5,7-9,11-12H,6,10,13H2,1-4H3,(H,22,23). The second kappa shape index (κ2) is 10.8. The molecule has 156 valence electrons. The Hall–Kier alpha value is -3.42. The van der Waals surface area contributed by atoms with Crippen LogP contribution in [0.25, 0.3) is 0 Å². The van der Waals surface area contributed by atoms with Gasteiger partial charge >= 0.3 is 5.97 Å². The van der Waals surface area contributed by atoms with E-state index in [1.807, 2.05) is 6.07 Å². The van der Waals surface area contributed by atoms with E-state index >= 15 is 0 Å². The number of carbonyl (C=O) groups is 2. The maximum Gasteiger partial charge on any atom is 0.306 e. The molecule has 8 nitrogen and oxygen atoms in total. The Morgan fingerprint density at radius 3 is 2.17 bits per heavy atom. The molecule has 0 saturated heterocycles. The highest BCUT2D eigenvalue weighted by atomic mass is 16.5. The van der Waals surface area contributed by atoms with Gasteiger partial charge < -0.3 is 29.0 Å². The predicted molar refractivity (Wildman–Crippen MR) is 107 cm³/mol. The molecule has 0 atom stereocenters. The van der Waals surface area contributed by atoms with Crippen molar-refractivity contribution in [3.8, 4) is 23.0 Å². The maximum absolute atomic E-state index is 12.1. The molecule has 0 aliphatic heterocycles. The fraction of sp³-hybridized carbons (Fsp3) is 0.333. The number of hydrogen-bond donors (Lipinski definition) is 1. The number of anilines is 1. The molecule has 2 rings (SSSR count). The lowest BCUT2D eigenvalue weighted by Gasteiger charge is -2.12. The molecule has 2 aromatic rings. The summed E-state index contributed by atoms with van der Waals surface area (Å²) in [5.41, 5.74) is 1.32. The van der Waals surface area contributed by atoms with Gasteiger partial charge in [0.2, 0.25) is 0 Å². The Morgan fingerprint density at radius 1 is 0.828 bits per heavy atom. The zero-order valence-corrected chi connectivity index (χ0v) is 16.9. The third-order valence-corrected chi connectivity index (χ3v) is 4.11. The van der Waals surface area contributed by atoms with Gasteiger partial charge in [-0.3, -0.25) is 9.59 Å². The number of amides is 1. The molecule has 2 aromatic carbocycles. The van der Waals surface area contributed by atoms with Gasteiger partial charge in [-0.25, -0.2) is 0 Å². The van der Waals surface area contributed by atoms with Gasteiger partial charge in [-0.1, -0.05) is 6.07 Å². The summed E-state index contributed by atoms with van der Waals surface area (Å²) in [6, 6.07) is 10.4. The van der Waals surface area contributed by atoms with Gasteiger partial charge in [-0.05, 0) is 36.2 Å². The van der Waals surface area contributed by atoms with E-state index in [1.165, 1.54) is 14.2 Å². The predicted octanol–water partition coefficient (Wildman–Crippen LogP) is 2.84. The average molecular weight is 403 g/mol. The number of hydrogen-bond acceptors (Lipinski definition) is 7. The van der Waals surface area contributed by atoms with Crippen LogP contribution in [-0.4, -0.2) is 46.9 Å². The molecule has 0 unspecified atom stereocenters. The topological polar surface area (TPSA) is 92.3 Å². The first-order chi connectivity index (χ1) is 14.0. The van der Waals surface area contributed by atoms with Crippen LogP contribution in [0.4, 0.5) is 5.69 Å². The summed E-state index contributed by atoms with van der Waals surface area (Å²) in [6.07, 6.45) is 0.579. The summed E-state index contributed by atoms with van der Waals surface area (Å²) >= 11 is 0. The summed E-state index contributed by atoms with van der Waals surface area (Å²) in [5, 5.41) is 2.64. The lowest BCUT2D eigenvalue weighted by Crippen LogP contribution is -2.21. The second-order valence-electron chi connectivity index (χ2n) is 5.96. The van der Waals surface area contributed by atoms with E-state index in [0.29, 0.717) is 35.1 Å². The maximum atomic E-state index is 12.1. The number of methoxy groups -OCH3 is 4. The Morgan fingerprint density at radius 2 is 1.52 bits per heavy atom. The zero-order valence-electron chi connectivity index (χ0n) is 16.9. The van der Waals surface area contributed by atoms with E-state index in [2.05, 4.69) is 5.32 Å². The average Bonchev–Trinajstić information content (AvgIpc) is 2.75. The van der Waals surface area contributed by atoms with Crippen LogP contribution in [0.2, 0.25) is 0 Å². The van der Waals surface area contributed by atoms with Crippen molar-refractivity contribution in [3.63, 3.8) is 0 Å². The molecule has 8 heteroatoms. The zero-order chi connectivity index (χ0) is 21.2. The lowest BCUT2D eigenvalue weighted by atomic mass is 10.1. The van der Waals surface area contributed by atoms with Crippen LogP contribution in [0.1, 0.15) is 12.0 Å². The van der Waals surface area contributed by atoms with Crippen molar-refractivity contribution in [2.75, 3.05) is 40.4 Å². The van der Waals surface area contributed by atoms with Crippen molar-refractivity contribution >= 4 is 17.6 Å². The largest absolute Gasteiger partial charge is 0.497 e. The number of aryl methyl sites for hydroxylation is 1. The fourth-order valence-electron chi connectivity index (χ4n) is 2.60. The van der Waals surface area contributed by atoms with E-state index in [0.717, 1.165) is 5.56 Å². The highest BCUT2D eigenvalue weighted by Gasteiger charge is 2.12. The van der Waals surface area contributed by atoms with Gasteiger partial charge in [0.1, 0.15) is 11.5 Å². The minimum absolute atomic E-state index is 0.130. The third-order valence-electron chi connectivity index (χ3n) is 4.11. The quantitative estimate of drug-likeness (QED) is 0.610. The van der Waals surface area contributed by atoms with Crippen LogP contribution in [-0.2, 0) is 20.7 Å². The summed E-state index contributed by atoms with van der Waals surface area (Å²) in [6.45, 7) is -0.398. The molecular weight excluding hydrogens is 378 g/mol. The Balaban J connectivity index is 1.84. The van der Waals surface area contributed by atoms with E-state index in [9.17, 15) is 9.59 Å². The number of ether oxygens (including phenoxy) is 5. The van der Waals surface area contributed by atoms with Crippen LogP contribution in [0.3, 0.4) is 0 Å². The van der Waals surface area contributed by atoms with Crippen LogP contribution < -0.4 is 24.3 Å². The normalized spacial score (nSPS) is 10.1. The first-order valence-electron chi connectivity index (χ1n) is 8.89. The number of esters is 1. The number of nitrogens with one attached hydrogen (secondary N) is 1. The molecule has 0 saturated carbocycles. The summed E-state index contributed by atoms with van der Waals surface area (Å²) in [4.78, 5) is 24.1. The number of carbonyl (C=O) groups excluding carboxylic acids is 2. The number of benzene rings is 2. The monoisotopic (exact) mass is 403 g/mol. The van der Waals surface area contributed by atoms with Crippen LogP contribution in [0, 0.1) is 0 Å². The van der Waals surface area contributed by atoms with E-state index < -0.39 is 18.5 Å². The number of rotatable bonds is 10. The van der Waals surface area contributed by atoms with Gasteiger partial charge in [-0.15, -0.1) is 0 Å². The molecule has 1 amide bonds. The van der Waals surface area contributed by atoms with Crippen molar-refractivity contribution in [1.82, 2.24) is 0 Å². The Kier molecular flexibility index (Phi) is 8.14. The first-order valence-corrected chi connectivity index (χ1v) is 8.89. The minimum Gasteiger partial charge on any atom is -0.497 e. The molecule has 1 N–H and O–H groups in total. The van der Waals surface area contributed by atoms with Crippen molar-refractivity contribution in [1.29, 1.82) is 0 Å². The molecule has 0 spiro atoms. The molecule has 0 bridgehead atoms. The minimum atomic E-state index is -0.479. The van der Waals surface area contributed by atoms with Crippen LogP contribution in [0.15, 0.2) is 36.4 Å². The van der Waals surface area contributed by atoms with Crippen molar-refractivity contribution in [3.05, 3.63) is 42.0 Å². The lowest BCUT2D eigenvalue weighted by molar-refractivity contribution is -0.147. The van der Waals surface area contributed by atoms with Gasteiger partial charge in [0.05, 0.1) is 34.1 Å². The van der Waals surface area contributed by atoms with E-state index in [-0.39, 0.29) is 6.42 Å². The van der Waals surface area contributed by atoms with Gasteiger partial charge in [0, 0.05) is 12.5 Å². The molecule has 0 aliphatic carbocycles. The summed E-state index contributed by atoms with van der Waals surface area (Å²) in [7, 11) is 6.12. The smallest absolute Gasteiger partial charge is 0.306 e. The van der Waals surface area contributed by atoms with Crippen molar-refractivity contribution < 1.29 is 33.3 Å². The second-order valence-corrected chi connectivity index (χ2v) is 5.96. The highest BCUT2D eigenvalue weighted by molar-refractivity contribution is 5.94. The Bertz CT molecular complexity index is 851. The Labute approximate surface area is 169 Å². The van der Waals surface area contributed by atoms with Gasteiger partial charge in [-0.2, -0.15) is 0 Å². The fourth-order valence-corrected chi connectivity index (χ4v) is 2.60. The molecule has 0 aliphatic rings. The molecule has 0 heterocycles. The highest BCUT2D eigenvalue weighted by Crippen LogP contribution is 2.29. The third kappa shape index (κ3) is 6.31. The molecule has 0 aromatic heterocycles. The van der Waals surface area contributed by atoms with Crippen molar-refractivity contribution in [2.24, 2.45) is 0 Å². The molecule has 0 fully saturated rings. The van der Waals surface area contributed by atoms with E-state index in [1.54, 1.807) is 44.6 Å². The van der Waals surface area contributed by atoms with E-state index in [4.69, 9.17) is 23.7 Å². The molecule has 0 radical (unpaired) electrons. The molecule has 29 heavy (non-hydrogen) atoms. The molecular formula is C21H25NO7. The van der Waals surface area contributed by atoms with Crippen molar-refractivity contribution in [2.45, 2.75) is 12.8 Å². The van der Waals surface area contributed by atoms with Gasteiger partial charge in [0.15, 0.2) is 18.1 Å². The summed E-state index contributed by atoms with van der Waals surface area (Å²) < 4.78 is 25.8.